The first kappa shape index (κ1) is 23.8. The Kier molecular flexibility index (Phi) is 11.0. The normalized spacial score (nSPS) is 12.8. The molecule has 0 heterocycles. The minimum atomic E-state index is -0.982. The van der Waals surface area contributed by atoms with Crippen molar-refractivity contribution in [3.63, 3.8) is 0 Å². The molecule has 2 amide bonds. The van der Waals surface area contributed by atoms with Crippen LogP contribution in [0.15, 0.2) is 30.3 Å². The Labute approximate surface area is 168 Å². The molecule has 1 aromatic carbocycles. The van der Waals surface area contributed by atoms with Crippen LogP contribution in [0.4, 0.5) is 4.79 Å². The zero-order chi connectivity index (χ0) is 20.9. The van der Waals surface area contributed by atoms with Crippen molar-refractivity contribution in [1.29, 1.82) is 0 Å². The van der Waals surface area contributed by atoms with Crippen LogP contribution in [0.25, 0.3) is 0 Å². The third-order valence-electron chi connectivity index (χ3n) is 3.77. The molecule has 0 saturated carbocycles. The highest BCUT2D eigenvalue weighted by Crippen LogP contribution is 2.04. The molecule has 9 heteroatoms. The first-order valence-electron chi connectivity index (χ1n) is 8.76. The third kappa shape index (κ3) is 9.09. The quantitative estimate of drug-likeness (QED) is 0.412. The fourth-order valence-electron chi connectivity index (χ4n) is 2.26. The van der Waals surface area contributed by atoms with Gasteiger partial charge < -0.3 is 24.8 Å². The smallest absolute Gasteiger partial charge is 0.407 e. The Morgan fingerprint density at radius 3 is 2.29 bits per heavy atom. The van der Waals surface area contributed by atoms with E-state index in [0.717, 1.165) is 11.3 Å². The molecule has 0 spiro atoms. The van der Waals surface area contributed by atoms with Gasteiger partial charge in [0.1, 0.15) is 18.4 Å². The van der Waals surface area contributed by atoms with E-state index < -0.39 is 30.1 Å². The number of alkyl carbamates (subject to hydrolysis) is 1. The van der Waals surface area contributed by atoms with E-state index in [4.69, 9.17) is 9.47 Å². The van der Waals surface area contributed by atoms with Crippen molar-refractivity contribution in [2.75, 3.05) is 39.1 Å². The molecule has 0 unspecified atom stereocenters. The SMILES string of the molecule is COC[C@H](NC(=O)[C@H](CC[S+](C)C)NC(=O)OC)C(=O)OCc1ccccc1. The Hall–Kier alpha value is -2.26. The van der Waals surface area contributed by atoms with Gasteiger partial charge in [-0.2, -0.15) is 0 Å². The largest absolute Gasteiger partial charge is 0.459 e. The van der Waals surface area contributed by atoms with Crippen LogP contribution in [0.3, 0.4) is 0 Å². The summed E-state index contributed by atoms with van der Waals surface area (Å²) in [7, 11) is 2.74. The summed E-state index contributed by atoms with van der Waals surface area (Å²) in [5, 5.41) is 5.11. The van der Waals surface area contributed by atoms with Crippen LogP contribution in [0.5, 0.6) is 0 Å². The van der Waals surface area contributed by atoms with Gasteiger partial charge in [-0.15, -0.1) is 0 Å². The van der Waals surface area contributed by atoms with Crippen LogP contribution in [0.2, 0.25) is 0 Å². The second kappa shape index (κ2) is 13.0. The Morgan fingerprint density at radius 2 is 1.71 bits per heavy atom. The standard InChI is InChI=1S/C19H28N2O6S/c1-25-13-16(18(23)27-12-14-8-6-5-7-9-14)20-17(22)15(10-11-28(3)4)21-19(24)26-2/h5-9,15-16H,10-13H2,1-4H3,(H-,20,21,22,24)/p+1/t15-,16-/m0/s1. The van der Waals surface area contributed by atoms with Crippen LogP contribution >= 0.6 is 0 Å². The van der Waals surface area contributed by atoms with Gasteiger partial charge in [0, 0.05) is 13.5 Å². The van der Waals surface area contributed by atoms with Gasteiger partial charge in [-0.05, 0) is 16.5 Å². The van der Waals surface area contributed by atoms with Gasteiger partial charge in [0.2, 0.25) is 5.91 Å². The van der Waals surface area contributed by atoms with Crippen molar-refractivity contribution in [2.24, 2.45) is 0 Å². The molecule has 0 aliphatic heterocycles. The Balaban J connectivity index is 2.71. The second-order valence-corrected chi connectivity index (χ2v) is 8.66. The highest BCUT2D eigenvalue weighted by atomic mass is 32.2. The number of rotatable bonds is 11. The number of hydrogen-bond acceptors (Lipinski definition) is 6. The summed E-state index contributed by atoms with van der Waals surface area (Å²) in [4.78, 5) is 36.6. The summed E-state index contributed by atoms with van der Waals surface area (Å²) >= 11 is 0. The first-order valence-corrected chi connectivity index (χ1v) is 11.0. The van der Waals surface area contributed by atoms with E-state index in [1.54, 1.807) is 0 Å². The van der Waals surface area contributed by atoms with Crippen molar-refractivity contribution in [3.05, 3.63) is 35.9 Å². The first-order chi connectivity index (χ1) is 13.4. The zero-order valence-corrected chi connectivity index (χ0v) is 17.5. The van der Waals surface area contributed by atoms with Crippen molar-refractivity contribution in [1.82, 2.24) is 10.6 Å². The van der Waals surface area contributed by atoms with Crippen LogP contribution < -0.4 is 10.6 Å². The van der Waals surface area contributed by atoms with Crippen LogP contribution in [0.1, 0.15) is 12.0 Å². The topological polar surface area (TPSA) is 103 Å². The van der Waals surface area contributed by atoms with Crippen molar-refractivity contribution >= 4 is 28.9 Å². The number of amides is 2. The average molecular weight is 414 g/mol. The number of ether oxygens (including phenoxy) is 3. The number of nitrogens with one attached hydrogen (secondary N) is 2. The lowest BCUT2D eigenvalue weighted by Crippen LogP contribution is -2.53. The van der Waals surface area contributed by atoms with Gasteiger partial charge in [-0.3, -0.25) is 4.79 Å². The maximum atomic E-state index is 12.6. The van der Waals surface area contributed by atoms with Crippen molar-refractivity contribution < 1.29 is 28.6 Å². The average Bonchev–Trinajstić information content (AvgIpc) is 2.69. The third-order valence-corrected chi connectivity index (χ3v) is 4.82. The molecule has 0 bridgehead atoms. The van der Waals surface area contributed by atoms with Gasteiger partial charge in [-0.1, -0.05) is 30.3 Å². The van der Waals surface area contributed by atoms with E-state index in [9.17, 15) is 14.4 Å². The number of carbonyl (C=O) groups excluding carboxylic acids is 3. The van der Waals surface area contributed by atoms with E-state index in [2.05, 4.69) is 15.4 Å². The second-order valence-electron chi connectivity index (χ2n) is 6.28. The molecule has 2 N–H and O–H groups in total. The fraction of sp³-hybridized carbons (Fsp3) is 0.526. The van der Waals surface area contributed by atoms with Crippen LogP contribution in [-0.4, -0.2) is 69.1 Å². The van der Waals surface area contributed by atoms with Crippen molar-refractivity contribution in [2.45, 2.75) is 25.1 Å². The Morgan fingerprint density at radius 1 is 1.04 bits per heavy atom. The van der Waals surface area contributed by atoms with Crippen molar-refractivity contribution in [3.8, 4) is 0 Å². The lowest BCUT2D eigenvalue weighted by molar-refractivity contribution is -0.150. The van der Waals surface area contributed by atoms with E-state index in [0.29, 0.717) is 6.42 Å². The molecule has 2 atom stereocenters. The predicted octanol–water partition coefficient (Wildman–Crippen LogP) is 0.854. The highest BCUT2D eigenvalue weighted by molar-refractivity contribution is 7.95. The van der Waals surface area contributed by atoms with E-state index >= 15 is 0 Å². The molecule has 0 aliphatic carbocycles. The van der Waals surface area contributed by atoms with Gasteiger partial charge in [0.15, 0.2) is 6.04 Å². The number of methoxy groups -OCH3 is 2. The molecule has 1 aromatic rings. The molecule has 8 nitrogen and oxygen atoms in total. The fourth-order valence-corrected chi connectivity index (χ4v) is 2.97. The summed E-state index contributed by atoms with van der Waals surface area (Å²) in [6, 6.07) is 7.42. The Bertz CT molecular complexity index is 626. The van der Waals surface area contributed by atoms with Gasteiger partial charge >= 0.3 is 12.1 Å². The molecule has 0 aromatic heterocycles. The molecular weight excluding hydrogens is 384 g/mol. The molecule has 156 valence electrons. The molecular formula is C19H29N2O6S+. The summed E-state index contributed by atoms with van der Waals surface area (Å²) in [5.41, 5.74) is 0.835. The van der Waals surface area contributed by atoms with E-state index in [-0.39, 0.29) is 24.1 Å². The highest BCUT2D eigenvalue weighted by Gasteiger charge is 2.29. The molecule has 28 heavy (non-hydrogen) atoms. The lowest BCUT2D eigenvalue weighted by Gasteiger charge is -2.21. The minimum absolute atomic E-state index is 0.0454. The van der Waals surface area contributed by atoms with Crippen LogP contribution in [0, 0.1) is 0 Å². The molecule has 0 saturated heterocycles. The maximum Gasteiger partial charge on any atom is 0.407 e. The molecule has 1 rings (SSSR count). The summed E-state index contributed by atoms with van der Waals surface area (Å²) in [6.07, 6.45) is 3.81. The molecule has 0 aliphatic rings. The van der Waals surface area contributed by atoms with E-state index in [1.165, 1.54) is 14.2 Å². The maximum absolute atomic E-state index is 12.6. The monoisotopic (exact) mass is 413 g/mol. The molecule has 0 fully saturated rings. The van der Waals surface area contributed by atoms with E-state index in [1.807, 2.05) is 42.8 Å². The minimum Gasteiger partial charge on any atom is -0.459 e. The number of hydrogen-bond donors (Lipinski definition) is 2. The summed E-state index contributed by atoms with van der Waals surface area (Å²) in [6.45, 7) is 0.0459. The lowest BCUT2D eigenvalue weighted by atomic mass is 10.2. The van der Waals surface area contributed by atoms with Gasteiger partial charge in [0.05, 0.1) is 26.2 Å². The number of carbonyl (C=O) groups is 3. The molecule has 0 radical (unpaired) electrons. The number of benzene rings is 1. The van der Waals surface area contributed by atoms with Crippen LogP contribution in [-0.2, 0) is 41.3 Å². The summed E-state index contributed by atoms with van der Waals surface area (Å²) < 4.78 is 14.9. The zero-order valence-electron chi connectivity index (χ0n) is 16.7. The predicted molar refractivity (Wildman–Crippen MR) is 108 cm³/mol. The van der Waals surface area contributed by atoms with Gasteiger partial charge in [-0.25, -0.2) is 9.59 Å². The summed E-state index contributed by atoms with van der Waals surface area (Å²) in [5.74, 6) is -0.355. The van der Waals surface area contributed by atoms with Gasteiger partial charge in [0.25, 0.3) is 0 Å². The number of esters is 1.